The normalized spacial score (nSPS) is 12.1. The van der Waals surface area contributed by atoms with E-state index < -0.39 is 0 Å². The first kappa shape index (κ1) is 11.1. The van der Waals surface area contributed by atoms with Gasteiger partial charge in [-0.1, -0.05) is 6.08 Å². The molecule has 0 aromatic heterocycles. The lowest BCUT2D eigenvalue weighted by molar-refractivity contribution is 0.813. The lowest BCUT2D eigenvalue weighted by Crippen LogP contribution is -2.14. The van der Waals surface area contributed by atoms with Crippen LogP contribution in [0.3, 0.4) is 0 Å². The highest BCUT2D eigenvalue weighted by Gasteiger charge is 2.03. The average Bonchev–Trinajstić information content (AvgIpc) is 2.10. The second-order valence-corrected chi connectivity index (χ2v) is 4.16. The van der Waals surface area contributed by atoms with Crippen LogP contribution in [0.4, 0.5) is 11.4 Å². The van der Waals surface area contributed by atoms with Gasteiger partial charge in [-0.25, -0.2) is 0 Å². The quantitative estimate of drug-likeness (QED) is 0.639. The summed E-state index contributed by atoms with van der Waals surface area (Å²) in [5.74, 6) is 0. The van der Waals surface area contributed by atoms with E-state index in [9.17, 15) is 0 Å². The van der Waals surface area contributed by atoms with Gasteiger partial charge in [0, 0.05) is 21.9 Å². The summed E-state index contributed by atoms with van der Waals surface area (Å²) in [6.07, 6.45) is 2.85. The van der Waals surface area contributed by atoms with Crippen molar-refractivity contribution >= 4 is 27.3 Å². The van der Waals surface area contributed by atoms with Crippen LogP contribution < -0.4 is 11.1 Å². The van der Waals surface area contributed by atoms with Crippen molar-refractivity contribution in [2.24, 2.45) is 0 Å². The van der Waals surface area contributed by atoms with Gasteiger partial charge in [0.25, 0.3) is 0 Å². The first-order valence-corrected chi connectivity index (χ1v) is 5.35. The molecule has 76 valence electrons. The molecule has 0 radical (unpaired) electrons. The standard InChI is InChI=1S/C11H15BrN2/c1-3-4-8(2)14-11-6-5-9(13)7-10(11)12/h3,5-8,14H,1,4,13H2,2H3. The number of halogens is 1. The molecule has 14 heavy (non-hydrogen) atoms. The molecule has 0 heterocycles. The summed E-state index contributed by atoms with van der Waals surface area (Å²) in [5.41, 5.74) is 7.47. The van der Waals surface area contributed by atoms with Crippen molar-refractivity contribution in [3.8, 4) is 0 Å². The molecule has 1 atom stereocenters. The minimum Gasteiger partial charge on any atom is -0.399 e. The molecule has 0 spiro atoms. The van der Waals surface area contributed by atoms with Gasteiger partial charge in [0.05, 0.1) is 0 Å². The zero-order valence-corrected chi connectivity index (χ0v) is 9.84. The highest BCUT2D eigenvalue weighted by Crippen LogP contribution is 2.25. The van der Waals surface area contributed by atoms with E-state index in [-0.39, 0.29) is 0 Å². The molecule has 0 bridgehead atoms. The highest BCUT2D eigenvalue weighted by molar-refractivity contribution is 9.10. The maximum Gasteiger partial charge on any atom is 0.0488 e. The number of rotatable bonds is 4. The molecule has 0 aliphatic heterocycles. The Morgan fingerprint density at radius 3 is 2.93 bits per heavy atom. The second-order valence-electron chi connectivity index (χ2n) is 3.31. The van der Waals surface area contributed by atoms with E-state index in [1.807, 2.05) is 24.3 Å². The fourth-order valence-corrected chi connectivity index (χ4v) is 1.73. The van der Waals surface area contributed by atoms with E-state index in [1.165, 1.54) is 0 Å². The Labute approximate surface area is 93.3 Å². The molecule has 3 N–H and O–H groups in total. The summed E-state index contributed by atoms with van der Waals surface area (Å²) in [4.78, 5) is 0. The largest absolute Gasteiger partial charge is 0.399 e. The van der Waals surface area contributed by atoms with Gasteiger partial charge in [-0.15, -0.1) is 6.58 Å². The van der Waals surface area contributed by atoms with Crippen molar-refractivity contribution in [2.45, 2.75) is 19.4 Å². The molecule has 0 saturated heterocycles. The predicted molar refractivity (Wildman–Crippen MR) is 66.5 cm³/mol. The Balaban J connectivity index is 2.71. The van der Waals surface area contributed by atoms with Gasteiger partial charge in [0.2, 0.25) is 0 Å². The summed E-state index contributed by atoms with van der Waals surface area (Å²) >= 11 is 3.46. The van der Waals surface area contributed by atoms with Gasteiger partial charge in [0.15, 0.2) is 0 Å². The molecule has 3 heteroatoms. The maximum absolute atomic E-state index is 5.64. The van der Waals surface area contributed by atoms with Crippen LogP contribution >= 0.6 is 15.9 Å². The van der Waals surface area contributed by atoms with Gasteiger partial charge in [-0.3, -0.25) is 0 Å². The lowest BCUT2D eigenvalue weighted by atomic mass is 10.2. The molecule has 0 aliphatic carbocycles. The second kappa shape index (κ2) is 5.05. The van der Waals surface area contributed by atoms with Crippen LogP contribution in [-0.4, -0.2) is 6.04 Å². The SMILES string of the molecule is C=CCC(C)Nc1ccc(N)cc1Br. The van der Waals surface area contributed by atoms with Crippen LogP contribution in [0.1, 0.15) is 13.3 Å². The van der Waals surface area contributed by atoms with Crippen LogP contribution in [0, 0.1) is 0 Å². The third-order valence-electron chi connectivity index (χ3n) is 1.92. The van der Waals surface area contributed by atoms with Crippen LogP contribution in [0.25, 0.3) is 0 Å². The van der Waals surface area contributed by atoms with Crippen molar-refractivity contribution in [3.63, 3.8) is 0 Å². The molecule has 1 unspecified atom stereocenters. The van der Waals surface area contributed by atoms with Gasteiger partial charge >= 0.3 is 0 Å². The summed E-state index contributed by atoms with van der Waals surface area (Å²) in [5, 5.41) is 3.36. The van der Waals surface area contributed by atoms with E-state index in [2.05, 4.69) is 34.7 Å². The molecular formula is C11H15BrN2. The first-order chi connectivity index (χ1) is 6.63. The fraction of sp³-hybridized carbons (Fsp3) is 0.273. The van der Waals surface area contributed by atoms with E-state index in [0.29, 0.717) is 6.04 Å². The minimum atomic E-state index is 0.382. The first-order valence-electron chi connectivity index (χ1n) is 4.56. The maximum atomic E-state index is 5.64. The topological polar surface area (TPSA) is 38.0 Å². The zero-order valence-electron chi connectivity index (χ0n) is 8.26. The van der Waals surface area contributed by atoms with Crippen molar-refractivity contribution in [1.82, 2.24) is 0 Å². The number of anilines is 2. The van der Waals surface area contributed by atoms with Crippen LogP contribution in [0.5, 0.6) is 0 Å². The summed E-state index contributed by atoms with van der Waals surface area (Å²) in [6.45, 7) is 5.82. The smallest absolute Gasteiger partial charge is 0.0488 e. The molecule has 0 amide bonds. The summed E-state index contributed by atoms with van der Waals surface area (Å²) in [6, 6.07) is 6.13. The van der Waals surface area contributed by atoms with Gasteiger partial charge in [-0.05, 0) is 47.5 Å². The van der Waals surface area contributed by atoms with Crippen LogP contribution in [0.2, 0.25) is 0 Å². The Morgan fingerprint density at radius 1 is 1.64 bits per heavy atom. The fourth-order valence-electron chi connectivity index (χ4n) is 1.22. The van der Waals surface area contributed by atoms with E-state index in [1.54, 1.807) is 0 Å². The Kier molecular flexibility index (Phi) is 4.01. The average molecular weight is 255 g/mol. The van der Waals surface area contributed by atoms with Crippen LogP contribution in [-0.2, 0) is 0 Å². The van der Waals surface area contributed by atoms with Gasteiger partial charge in [0.1, 0.15) is 0 Å². The van der Waals surface area contributed by atoms with Gasteiger partial charge in [-0.2, -0.15) is 0 Å². The minimum absolute atomic E-state index is 0.382. The third kappa shape index (κ3) is 3.07. The highest BCUT2D eigenvalue weighted by atomic mass is 79.9. The van der Waals surface area contributed by atoms with E-state index in [4.69, 9.17) is 5.73 Å². The number of nitrogens with one attached hydrogen (secondary N) is 1. The number of nitrogen functional groups attached to an aromatic ring is 1. The molecule has 1 rings (SSSR count). The number of nitrogens with two attached hydrogens (primary N) is 1. The molecule has 0 aliphatic rings. The third-order valence-corrected chi connectivity index (χ3v) is 2.57. The molecule has 0 fully saturated rings. The number of benzene rings is 1. The number of hydrogen-bond acceptors (Lipinski definition) is 2. The zero-order chi connectivity index (χ0) is 10.6. The Bertz CT molecular complexity index is 323. The summed E-state index contributed by atoms with van der Waals surface area (Å²) in [7, 11) is 0. The molecule has 1 aromatic carbocycles. The molecule has 1 aromatic rings. The molecule has 0 saturated carbocycles. The van der Waals surface area contributed by atoms with Crippen molar-refractivity contribution in [1.29, 1.82) is 0 Å². The summed E-state index contributed by atoms with van der Waals surface area (Å²) < 4.78 is 0.994. The van der Waals surface area contributed by atoms with E-state index in [0.717, 1.165) is 22.3 Å². The predicted octanol–water partition coefficient (Wildman–Crippen LogP) is 3.41. The van der Waals surface area contributed by atoms with Crippen LogP contribution in [0.15, 0.2) is 35.3 Å². The van der Waals surface area contributed by atoms with Crippen molar-refractivity contribution < 1.29 is 0 Å². The molecule has 2 nitrogen and oxygen atoms in total. The molecular weight excluding hydrogens is 240 g/mol. The van der Waals surface area contributed by atoms with Crippen molar-refractivity contribution in [3.05, 3.63) is 35.3 Å². The van der Waals surface area contributed by atoms with Crippen molar-refractivity contribution in [2.75, 3.05) is 11.1 Å². The number of hydrogen-bond donors (Lipinski definition) is 2. The Morgan fingerprint density at radius 2 is 2.36 bits per heavy atom. The van der Waals surface area contributed by atoms with Gasteiger partial charge < -0.3 is 11.1 Å². The Hall–Kier alpha value is -0.960. The van der Waals surface area contributed by atoms with E-state index >= 15 is 0 Å². The lowest BCUT2D eigenvalue weighted by Gasteiger charge is -2.14. The monoisotopic (exact) mass is 254 g/mol.